The Bertz CT molecular complexity index is 580. The highest BCUT2D eigenvalue weighted by Crippen LogP contribution is 2.17. The van der Waals surface area contributed by atoms with Crippen molar-refractivity contribution in [2.75, 3.05) is 7.11 Å². The van der Waals surface area contributed by atoms with Gasteiger partial charge in [-0.15, -0.1) is 0 Å². The normalized spacial score (nSPS) is 11.2. The fourth-order valence-electron chi connectivity index (χ4n) is 1.87. The first kappa shape index (κ1) is 13.1. The van der Waals surface area contributed by atoms with E-state index in [1.54, 1.807) is 12.1 Å². The molecule has 2 heteroatoms. The minimum atomic E-state index is -0.310. The van der Waals surface area contributed by atoms with Gasteiger partial charge in [-0.1, -0.05) is 48.5 Å². The number of ether oxygens (including phenoxy) is 1. The molecule has 0 saturated carbocycles. The first-order valence-corrected chi connectivity index (χ1v) is 6.13. The highest BCUT2D eigenvalue weighted by atomic mass is 16.5. The van der Waals surface area contributed by atoms with Gasteiger partial charge >= 0.3 is 5.97 Å². The summed E-state index contributed by atoms with van der Waals surface area (Å²) in [6, 6.07) is 17.6. The van der Waals surface area contributed by atoms with Crippen molar-refractivity contribution < 1.29 is 9.53 Å². The van der Waals surface area contributed by atoms with Crippen molar-refractivity contribution in [2.45, 2.75) is 6.92 Å². The maximum Gasteiger partial charge on any atom is 0.337 e. The SMILES string of the molecule is COC(=O)c1ccc(/C=C(\C)c2ccccc2)cc1. The summed E-state index contributed by atoms with van der Waals surface area (Å²) in [6.07, 6.45) is 2.09. The third kappa shape index (κ3) is 3.32. The molecule has 0 spiro atoms. The summed E-state index contributed by atoms with van der Waals surface area (Å²) < 4.78 is 4.67. The van der Waals surface area contributed by atoms with Gasteiger partial charge in [0.05, 0.1) is 12.7 Å². The van der Waals surface area contributed by atoms with Gasteiger partial charge in [0.25, 0.3) is 0 Å². The fraction of sp³-hybridized carbons (Fsp3) is 0.118. The van der Waals surface area contributed by atoms with Crippen LogP contribution >= 0.6 is 0 Å². The third-order valence-electron chi connectivity index (χ3n) is 2.94. The molecule has 0 aliphatic rings. The number of carbonyl (C=O) groups excluding carboxylic acids is 1. The Morgan fingerprint density at radius 1 is 0.947 bits per heavy atom. The van der Waals surface area contributed by atoms with Crippen molar-refractivity contribution in [2.24, 2.45) is 0 Å². The molecular formula is C17H16O2. The smallest absolute Gasteiger partial charge is 0.337 e. The van der Waals surface area contributed by atoms with E-state index in [9.17, 15) is 4.79 Å². The van der Waals surface area contributed by atoms with Crippen molar-refractivity contribution >= 4 is 17.6 Å². The van der Waals surface area contributed by atoms with E-state index in [-0.39, 0.29) is 5.97 Å². The number of allylic oxidation sites excluding steroid dienone is 1. The standard InChI is InChI=1S/C17H16O2/c1-13(15-6-4-3-5-7-15)12-14-8-10-16(11-9-14)17(18)19-2/h3-12H,1-2H3/b13-12+. The summed E-state index contributed by atoms with van der Waals surface area (Å²) in [5.74, 6) is -0.310. The average Bonchev–Trinajstić information content (AvgIpc) is 2.48. The molecule has 2 nitrogen and oxygen atoms in total. The van der Waals surface area contributed by atoms with Crippen molar-refractivity contribution in [3.63, 3.8) is 0 Å². The van der Waals surface area contributed by atoms with E-state index < -0.39 is 0 Å². The van der Waals surface area contributed by atoms with Crippen LogP contribution in [0.4, 0.5) is 0 Å². The lowest BCUT2D eigenvalue weighted by Gasteiger charge is -2.03. The van der Waals surface area contributed by atoms with Gasteiger partial charge < -0.3 is 4.74 Å². The molecule has 0 aliphatic heterocycles. The molecule has 0 N–H and O–H groups in total. The quantitative estimate of drug-likeness (QED) is 0.609. The van der Waals surface area contributed by atoms with E-state index in [4.69, 9.17) is 0 Å². The topological polar surface area (TPSA) is 26.3 Å². The van der Waals surface area contributed by atoms with Crippen LogP contribution in [0.5, 0.6) is 0 Å². The summed E-state index contributed by atoms with van der Waals surface area (Å²) in [6.45, 7) is 2.07. The first-order valence-electron chi connectivity index (χ1n) is 6.13. The largest absolute Gasteiger partial charge is 0.465 e. The van der Waals surface area contributed by atoms with E-state index in [1.165, 1.54) is 18.2 Å². The molecule has 0 atom stereocenters. The summed E-state index contributed by atoms with van der Waals surface area (Å²) >= 11 is 0. The van der Waals surface area contributed by atoms with Crippen LogP contribution in [-0.4, -0.2) is 13.1 Å². The Labute approximate surface area is 113 Å². The summed E-state index contributed by atoms with van der Waals surface area (Å²) in [5, 5.41) is 0. The number of methoxy groups -OCH3 is 1. The monoisotopic (exact) mass is 252 g/mol. The molecule has 0 amide bonds. The van der Waals surface area contributed by atoms with Gasteiger partial charge in [-0.25, -0.2) is 4.79 Å². The van der Waals surface area contributed by atoms with Crippen LogP contribution in [0.2, 0.25) is 0 Å². The van der Waals surface area contributed by atoms with Gasteiger partial charge in [0, 0.05) is 0 Å². The Morgan fingerprint density at radius 3 is 2.16 bits per heavy atom. The van der Waals surface area contributed by atoms with E-state index >= 15 is 0 Å². The van der Waals surface area contributed by atoms with E-state index in [2.05, 4.69) is 29.9 Å². The van der Waals surface area contributed by atoms with Crippen LogP contribution in [0.1, 0.15) is 28.4 Å². The number of hydrogen-bond acceptors (Lipinski definition) is 2. The van der Waals surface area contributed by atoms with Crippen molar-refractivity contribution in [3.8, 4) is 0 Å². The minimum absolute atomic E-state index is 0.310. The Hall–Kier alpha value is -2.35. The second-order valence-electron chi connectivity index (χ2n) is 4.31. The van der Waals surface area contributed by atoms with Crippen LogP contribution in [0.25, 0.3) is 11.6 Å². The molecule has 0 aromatic heterocycles. The van der Waals surface area contributed by atoms with Crippen LogP contribution < -0.4 is 0 Å². The number of esters is 1. The molecule has 0 radical (unpaired) electrons. The molecule has 0 heterocycles. The predicted octanol–water partition coefficient (Wildman–Crippen LogP) is 4.03. The molecule has 2 aromatic carbocycles. The molecule has 2 rings (SSSR count). The van der Waals surface area contributed by atoms with E-state index in [0.717, 1.165) is 5.56 Å². The van der Waals surface area contributed by atoms with Crippen LogP contribution in [0.15, 0.2) is 54.6 Å². The summed E-state index contributed by atoms with van der Waals surface area (Å²) in [7, 11) is 1.38. The Kier molecular flexibility index (Phi) is 4.14. The number of carbonyl (C=O) groups is 1. The highest BCUT2D eigenvalue weighted by molar-refractivity contribution is 5.90. The second kappa shape index (κ2) is 6.01. The third-order valence-corrected chi connectivity index (χ3v) is 2.94. The van der Waals surface area contributed by atoms with Gasteiger partial charge in [0.15, 0.2) is 0 Å². The van der Waals surface area contributed by atoms with Crippen molar-refractivity contribution in [3.05, 3.63) is 71.3 Å². The average molecular weight is 252 g/mol. The molecule has 0 fully saturated rings. The molecule has 0 saturated heterocycles. The Morgan fingerprint density at radius 2 is 1.58 bits per heavy atom. The molecule has 0 aliphatic carbocycles. The van der Waals surface area contributed by atoms with Gasteiger partial charge in [0.2, 0.25) is 0 Å². The maximum atomic E-state index is 11.3. The molecule has 2 aromatic rings. The van der Waals surface area contributed by atoms with Gasteiger partial charge in [-0.3, -0.25) is 0 Å². The zero-order valence-electron chi connectivity index (χ0n) is 11.1. The lowest BCUT2D eigenvalue weighted by Crippen LogP contribution is -2.00. The molecule has 0 unspecified atom stereocenters. The van der Waals surface area contributed by atoms with E-state index in [0.29, 0.717) is 5.56 Å². The molecule has 96 valence electrons. The number of benzene rings is 2. The van der Waals surface area contributed by atoms with Crippen molar-refractivity contribution in [1.82, 2.24) is 0 Å². The number of rotatable bonds is 3. The van der Waals surface area contributed by atoms with Gasteiger partial charge in [-0.05, 0) is 35.8 Å². The second-order valence-corrected chi connectivity index (χ2v) is 4.31. The van der Waals surface area contributed by atoms with Crippen LogP contribution in [0, 0.1) is 0 Å². The highest BCUT2D eigenvalue weighted by Gasteiger charge is 2.03. The fourth-order valence-corrected chi connectivity index (χ4v) is 1.87. The van der Waals surface area contributed by atoms with Gasteiger partial charge in [-0.2, -0.15) is 0 Å². The minimum Gasteiger partial charge on any atom is -0.465 e. The lowest BCUT2D eigenvalue weighted by molar-refractivity contribution is 0.0601. The van der Waals surface area contributed by atoms with Crippen molar-refractivity contribution in [1.29, 1.82) is 0 Å². The maximum absolute atomic E-state index is 11.3. The summed E-state index contributed by atoms with van der Waals surface area (Å²) in [5.41, 5.74) is 4.01. The zero-order valence-corrected chi connectivity index (χ0v) is 11.1. The number of hydrogen-bond donors (Lipinski definition) is 0. The molecule has 0 bridgehead atoms. The predicted molar refractivity (Wildman–Crippen MR) is 77.8 cm³/mol. The van der Waals surface area contributed by atoms with Crippen LogP contribution in [-0.2, 0) is 4.74 Å². The first-order chi connectivity index (χ1) is 9.20. The lowest BCUT2D eigenvalue weighted by atomic mass is 10.0. The van der Waals surface area contributed by atoms with E-state index in [1.807, 2.05) is 30.3 Å². The van der Waals surface area contributed by atoms with Gasteiger partial charge in [0.1, 0.15) is 0 Å². The molecule has 19 heavy (non-hydrogen) atoms. The summed E-state index contributed by atoms with van der Waals surface area (Å²) in [4.78, 5) is 11.3. The Balaban J connectivity index is 2.22. The van der Waals surface area contributed by atoms with Crippen LogP contribution in [0.3, 0.4) is 0 Å². The zero-order chi connectivity index (χ0) is 13.7. The molecular weight excluding hydrogens is 236 g/mol.